The number of rotatable bonds is 4. The van der Waals surface area contributed by atoms with Gasteiger partial charge in [0.15, 0.2) is 0 Å². The number of hydrogen-bond donors (Lipinski definition) is 1. The summed E-state index contributed by atoms with van der Waals surface area (Å²) in [5.74, 6) is 0.444. The Morgan fingerprint density at radius 2 is 2.00 bits per heavy atom. The summed E-state index contributed by atoms with van der Waals surface area (Å²) in [5, 5.41) is 3.62. The number of hydrogen-bond acceptors (Lipinski definition) is 2. The molecule has 2 aromatic rings. The van der Waals surface area contributed by atoms with Crippen LogP contribution < -0.4 is 10.1 Å². The van der Waals surface area contributed by atoms with Crippen LogP contribution in [0, 0.1) is 0 Å². The molecule has 0 saturated heterocycles. The largest absolute Gasteiger partial charge is 0.496 e. The number of nitrogens with one attached hydrogen (secondary N) is 1. The topological polar surface area (TPSA) is 38.3 Å². The fourth-order valence-corrected chi connectivity index (χ4v) is 2.73. The van der Waals surface area contributed by atoms with Gasteiger partial charge in [-0.05, 0) is 36.4 Å². The Balaban J connectivity index is 2.12. The van der Waals surface area contributed by atoms with E-state index in [1.54, 1.807) is 19.2 Å². The van der Waals surface area contributed by atoms with Crippen molar-refractivity contribution >= 4 is 45.0 Å². The monoisotopic (exact) mass is 387 g/mol. The minimum Gasteiger partial charge on any atom is -0.496 e. The molecule has 0 aliphatic carbocycles. The second kappa shape index (κ2) is 7.16. The lowest BCUT2D eigenvalue weighted by Crippen LogP contribution is -2.23. The highest BCUT2D eigenvalue weighted by molar-refractivity contribution is 9.10. The van der Waals surface area contributed by atoms with E-state index in [0.717, 1.165) is 10.0 Å². The van der Waals surface area contributed by atoms with Crippen LogP contribution in [0.25, 0.3) is 0 Å². The van der Waals surface area contributed by atoms with Crippen LogP contribution in [0.3, 0.4) is 0 Å². The summed E-state index contributed by atoms with van der Waals surface area (Å²) >= 11 is 15.2. The number of amides is 1. The van der Waals surface area contributed by atoms with Crippen LogP contribution in [0.4, 0.5) is 0 Å². The number of carbonyl (C=O) groups is 1. The highest BCUT2D eigenvalue weighted by atomic mass is 79.9. The van der Waals surface area contributed by atoms with Crippen LogP contribution in [0.2, 0.25) is 10.0 Å². The summed E-state index contributed by atoms with van der Waals surface area (Å²) in [6, 6.07) is 10.4. The highest BCUT2D eigenvalue weighted by Crippen LogP contribution is 2.24. The summed E-state index contributed by atoms with van der Waals surface area (Å²) < 4.78 is 6.18. The van der Waals surface area contributed by atoms with Gasteiger partial charge in [-0.25, -0.2) is 0 Å². The number of methoxy groups -OCH3 is 1. The average molecular weight is 389 g/mol. The van der Waals surface area contributed by atoms with E-state index in [1.165, 1.54) is 6.07 Å². The van der Waals surface area contributed by atoms with Gasteiger partial charge in [0.1, 0.15) is 5.75 Å². The van der Waals surface area contributed by atoms with E-state index >= 15 is 0 Å². The summed E-state index contributed by atoms with van der Waals surface area (Å²) in [6.07, 6.45) is 0. The van der Waals surface area contributed by atoms with Crippen molar-refractivity contribution < 1.29 is 9.53 Å². The van der Waals surface area contributed by atoms with Crippen LogP contribution in [0.5, 0.6) is 5.75 Å². The number of carbonyl (C=O) groups excluding carboxylic acids is 1. The third-order valence-corrected chi connectivity index (χ3v) is 3.90. The fourth-order valence-electron chi connectivity index (χ4n) is 1.83. The molecule has 0 fully saturated rings. The lowest BCUT2D eigenvalue weighted by atomic mass is 10.1. The summed E-state index contributed by atoms with van der Waals surface area (Å²) in [5.41, 5.74) is 1.25. The van der Waals surface area contributed by atoms with Gasteiger partial charge in [0.2, 0.25) is 0 Å². The van der Waals surface area contributed by atoms with Gasteiger partial charge in [-0.2, -0.15) is 0 Å². The van der Waals surface area contributed by atoms with E-state index in [9.17, 15) is 4.79 Å². The Bertz CT molecular complexity index is 677. The van der Waals surface area contributed by atoms with Gasteiger partial charge in [-0.1, -0.05) is 39.1 Å². The molecule has 0 saturated carbocycles. The summed E-state index contributed by atoms with van der Waals surface area (Å²) in [6.45, 7) is 0.334. The van der Waals surface area contributed by atoms with Gasteiger partial charge < -0.3 is 10.1 Å². The molecule has 0 atom stereocenters. The van der Waals surface area contributed by atoms with Crippen molar-refractivity contribution in [2.24, 2.45) is 0 Å². The lowest BCUT2D eigenvalue weighted by molar-refractivity contribution is 0.0951. The molecule has 110 valence electrons. The zero-order valence-corrected chi connectivity index (χ0v) is 14.2. The molecular weight excluding hydrogens is 377 g/mol. The molecule has 0 radical (unpaired) electrons. The van der Waals surface area contributed by atoms with E-state index in [2.05, 4.69) is 21.2 Å². The Morgan fingerprint density at radius 1 is 1.24 bits per heavy atom. The standard InChI is InChI=1S/C15H12BrCl2NO2/c1-21-14-5-2-10(16)6-9(14)8-19-15(20)12-4-3-11(17)7-13(12)18/h2-7H,8H2,1H3,(H,19,20). The van der Waals surface area contributed by atoms with E-state index < -0.39 is 0 Å². The SMILES string of the molecule is COc1ccc(Br)cc1CNC(=O)c1ccc(Cl)cc1Cl. The quantitative estimate of drug-likeness (QED) is 0.824. The predicted molar refractivity (Wildman–Crippen MR) is 88.3 cm³/mol. The average Bonchev–Trinajstić information content (AvgIpc) is 2.45. The summed E-state index contributed by atoms with van der Waals surface area (Å²) in [4.78, 5) is 12.1. The fraction of sp³-hybridized carbons (Fsp3) is 0.133. The molecule has 2 aromatic carbocycles. The van der Waals surface area contributed by atoms with Gasteiger partial charge in [0.25, 0.3) is 5.91 Å². The van der Waals surface area contributed by atoms with Crippen molar-refractivity contribution in [2.45, 2.75) is 6.54 Å². The zero-order chi connectivity index (χ0) is 15.4. The molecular formula is C15H12BrCl2NO2. The first-order valence-corrected chi connectivity index (χ1v) is 7.62. The van der Waals surface area contributed by atoms with E-state index in [1.807, 2.05) is 18.2 Å². The molecule has 1 amide bonds. The van der Waals surface area contributed by atoms with Crippen LogP contribution in [-0.4, -0.2) is 13.0 Å². The lowest BCUT2D eigenvalue weighted by Gasteiger charge is -2.11. The molecule has 6 heteroatoms. The maximum absolute atomic E-state index is 12.1. The van der Waals surface area contributed by atoms with Crippen molar-refractivity contribution in [3.63, 3.8) is 0 Å². The third-order valence-electron chi connectivity index (χ3n) is 2.86. The Hall–Kier alpha value is -1.23. The van der Waals surface area contributed by atoms with Gasteiger partial charge >= 0.3 is 0 Å². The molecule has 1 N–H and O–H groups in total. The van der Waals surface area contributed by atoms with Crippen molar-refractivity contribution in [1.29, 1.82) is 0 Å². The normalized spacial score (nSPS) is 10.3. The highest BCUT2D eigenvalue weighted by Gasteiger charge is 2.12. The van der Waals surface area contributed by atoms with Crippen molar-refractivity contribution in [3.05, 3.63) is 62.0 Å². The molecule has 2 rings (SSSR count). The van der Waals surface area contributed by atoms with E-state index in [4.69, 9.17) is 27.9 Å². The molecule has 21 heavy (non-hydrogen) atoms. The zero-order valence-electron chi connectivity index (χ0n) is 11.1. The first kappa shape index (κ1) is 16.1. The first-order chi connectivity index (χ1) is 10.0. The van der Waals surface area contributed by atoms with E-state index in [0.29, 0.717) is 27.9 Å². The van der Waals surface area contributed by atoms with Gasteiger partial charge in [-0.15, -0.1) is 0 Å². The Kier molecular flexibility index (Phi) is 5.51. The van der Waals surface area contributed by atoms with Crippen molar-refractivity contribution in [1.82, 2.24) is 5.32 Å². The number of halogens is 3. The number of ether oxygens (including phenoxy) is 1. The maximum Gasteiger partial charge on any atom is 0.253 e. The second-order valence-corrected chi connectivity index (χ2v) is 6.02. The molecule has 0 bridgehead atoms. The number of benzene rings is 2. The smallest absolute Gasteiger partial charge is 0.253 e. The van der Waals surface area contributed by atoms with Gasteiger partial charge in [0.05, 0.1) is 17.7 Å². The predicted octanol–water partition coefficient (Wildman–Crippen LogP) is 4.69. The molecule has 0 aromatic heterocycles. The first-order valence-electron chi connectivity index (χ1n) is 6.07. The molecule has 0 aliphatic heterocycles. The van der Waals surface area contributed by atoms with Crippen molar-refractivity contribution in [3.8, 4) is 5.75 Å². The molecule has 0 aliphatic rings. The third kappa shape index (κ3) is 4.13. The van der Waals surface area contributed by atoms with Crippen LogP contribution >= 0.6 is 39.1 Å². The van der Waals surface area contributed by atoms with Crippen LogP contribution in [0.1, 0.15) is 15.9 Å². The second-order valence-electron chi connectivity index (χ2n) is 4.26. The maximum atomic E-state index is 12.1. The van der Waals surface area contributed by atoms with E-state index in [-0.39, 0.29) is 5.91 Å². The Labute approximate surface area is 141 Å². The van der Waals surface area contributed by atoms with Gasteiger partial charge in [-0.3, -0.25) is 4.79 Å². The van der Waals surface area contributed by atoms with Crippen LogP contribution in [0.15, 0.2) is 40.9 Å². The molecule has 3 nitrogen and oxygen atoms in total. The Morgan fingerprint density at radius 3 is 2.67 bits per heavy atom. The van der Waals surface area contributed by atoms with Gasteiger partial charge in [0, 0.05) is 21.6 Å². The van der Waals surface area contributed by atoms with Crippen molar-refractivity contribution in [2.75, 3.05) is 7.11 Å². The minimum absolute atomic E-state index is 0.265. The summed E-state index contributed by atoms with van der Waals surface area (Å²) in [7, 11) is 1.59. The molecule has 0 unspecified atom stereocenters. The van der Waals surface area contributed by atoms with Crippen LogP contribution in [-0.2, 0) is 6.54 Å². The molecule has 0 heterocycles. The molecule has 0 spiro atoms. The minimum atomic E-state index is -0.265.